The van der Waals surface area contributed by atoms with E-state index >= 15 is 0 Å². The van der Waals surface area contributed by atoms with Gasteiger partial charge >= 0.3 is 11.9 Å². The maximum absolute atomic E-state index is 13.3. The molecular weight excluding hydrogens is 241 g/mol. The Balaban J connectivity index is 0.00000137. The zero-order valence-electron chi connectivity index (χ0n) is 10.5. The van der Waals surface area contributed by atoms with Crippen LogP contribution in [-0.2, 0) is 4.79 Å². The molecule has 0 saturated carbocycles. The molecule has 100 valence electrons. The fourth-order valence-electron chi connectivity index (χ4n) is 1.22. The number of aliphatic carboxylic acids is 1. The molecule has 0 aliphatic heterocycles. The van der Waals surface area contributed by atoms with E-state index in [1.54, 1.807) is 0 Å². The molecule has 0 aromatic heterocycles. The fourth-order valence-corrected chi connectivity index (χ4v) is 1.22. The van der Waals surface area contributed by atoms with Crippen molar-refractivity contribution in [2.45, 2.75) is 20.8 Å². The SMILES string of the molecule is CC.Cc1cc(NCC(=O)O)c(F)cc1C(=O)O. The molecule has 18 heavy (non-hydrogen) atoms. The predicted octanol–water partition coefficient (Wildman–Crippen LogP) is 2.36. The first-order chi connectivity index (χ1) is 8.41. The summed E-state index contributed by atoms with van der Waals surface area (Å²) in [7, 11) is 0. The van der Waals surface area contributed by atoms with E-state index in [0.717, 1.165) is 6.07 Å². The van der Waals surface area contributed by atoms with Crippen molar-refractivity contribution in [2.24, 2.45) is 0 Å². The molecule has 0 amide bonds. The second kappa shape index (κ2) is 7.26. The highest BCUT2D eigenvalue weighted by Crippen LogP contribution is 2.19. The average Bonchev–Trinajstić information content (AvgIpc) is 2.32. The van der Waals surface area contributed by atoms with Crippen LogP contribution in [0.5, 0.6) is 0 Å². The maximum Gasteiger partial charge on any atom is 0.336 e. The van der Waals surface area contributed by atoms with Crippen LogP contribution in [0.2, 0.25) is 0 Å². The van der Waals surface area contributed by atoms with Gasteiger partial charge in [0.2, 0.25) is 0 Å². The second-order valence-corrected chi connectivity index (χ2v) is 3.20. The highest BCUT2D eigenvalue weighted by atomic mass is 19.1. The molecular formula is C12H16FNO4. The van der Waals surface area contributed by atoms with Gasteiger partial charge in [-0.15, -0.1) is 0 Å². The van der Waals surface area contributed by atoms with Gasteiger partial charge in [0.05, 0.1) is 11.3 Å². The molecule has 1 rings (SSSR count). The minimum Gasteiger partial charge on any atom is -0.480 e. The quantitative estimate of drug-likeness (QED) is 0.770. The van der Waals surface area contributed by atoms with Crippen LogP contribution in [0.15, 0.2) is 12.1 Å². The Morgan fingerprint density at radius 3 is 2.28 bits per heavy atom. The molecule has 0 atom stereocenters. The number of rotatable bonds is 4. The van der Waals surface area contributed by atoms with E-state index in [4.69, 9.17) is 10.2 Å². The third kappa shape index (κ3) is 4.40. The Labute approximate surface area is 104 Å². The van der Waals surface area contributed by atoms with Crippen molar-refractivity contribution in [3.05, 3.63) is 29.1 Å². The van der Waals surface area contributed by atoms with Crippen molar-refractivity contribution < 1.29 is 24.2 Å². The predicted molar refractivity (Wildman–Crippen MR) is 65.6 cm³/mol. The second-order valence-electron chi connectivity index (χ2n) is 3.20. The molecule has 3 N–H and O–H groups in total. The molecule has 0 unspecified atom stereocenters. The van der Waals surface area contributed by atoms with Gasteiger partial charge in [-0.25, -0.2) is 9.18 Å². The number of hydrogen-bond donors (Lipinski definition) is 3. The van der Waals surface area contributed by atoms with Gasteiger partial charge in [0, 0.05) is 0 Å². The number of hydrogen-bond acceptors (Lipinski definition) is 3. The molecule has 6 heteroatoms. The smallest absolute Gasteiger partial charge is 0.336 e. The molecule has 1 aromatic rings. The molecule has 0 aliphatic rings. The van der Waals surface area contributed by atoms with E-state index in [0.29, 0.717) is 5.56 Å². The summed E-state index contributed by atoms with van der Waals surface area (Å²) in [5.74, 6) is -3.13. The number of carboxylic acid groups (broad SMARTS) is 2. The van der Waals surface area contributed by atoms with Gasteiger partial charge in [-0.1, -0.05) is 13.8 Å². The fraction of sp³-hybridized carbons (Fsp3) is 0.333. The molecule has 0 fully saturated rings. The van der Waals surface area contributed by atoms with E-state index < -0.39 is 24.3 Å². The third-order valence-electron chi connectivity index (χ3n) is 1.97. The Kier molecular flexibility index (Phi) is 6.41. The topological polar surface area (TPSA) is 86.6 Å². The summed E-state index contributed by atoms with van der Waals surface area (Å²) in [6.45, 7) is 5.08. The maximum atomic E-state index is 13.3. The number of anilines is 1. The first-order valence-corrected chi connectivity index (χ1v) is 5.41. The lowest BCUT2D eigenvalue weighted by atomic mass is 10.1. The molecule has 1 aromatic carbocycles. The van der Waals surface area contributed by atoms with Crippen LogP contribution in [0.25, 0.3) is 0 Å². The van der Waals surface area contributed by atoms with Gasteiger partial charge < -0.3 is 15.5 Å². The number of nitrogens with one attached hydrogen (secondary N) is 1. The zero-order chi connectivity index (χ0) is 14.3. The number of carbonyl (C=O) groups is 2. The molecule has 0 bridgehead atoms. The van der Waals surface area contributed by atoms with Gasteiger partial charge in [0.15, 0.2) is 0 Å². The van der Waals surface area contributed by atoms with E-state index in [1.807, 2.05) is 13.8 Å². The lowest BCUT2D eigenvalue weighted by Crippen LogP contribution is -2.14. The number of halogens is 1. The van der Waals surface area contributed by atoms with Crippen LogP contribution in [0.3, 0.4) is 0 Å². The van der Waals surface area contributed by atoms with Crippen LogP contribution >= 0.6 is 0 Å². The van der Waals surface area contributed by atoms with Gasteiger partial charge in [-0.2, -0.15) is 0 Å². The van der Waals surface area contributed by atoms with Crippen molar-refractivity contribution >= 4 is 17.6 Å². The zero-order valence-corrected chi connectivity index (χ0v) is 10.5. The van der Waals surface area contributed by atoms with E-state index in [1.165, 1.54) is 13.0 Å². The summed E-state index contributed by atoms with van der Waals surface area (Å²) in [4.78, 5) is 20.9. The first kappa shape index (κ1) is 15.9. The average molecular weight is 257 g/mol. The number of aryl methyl sites for hydroxylation is 1. The standard InChI is InChI=1S/C10H10FNO4.C2H6/c1-5-2-8(12-4-9(13)14)7(11)3-6(5)10(15)16;1-2/h2-3,12H,4H2,1H3,(H,13,14)(H,15,16);1-2H3. The third-order valence-corrected chi connectivity index (χ3v) is 1.97. The molecule has 0 radical (unpaired) electrons. The van der Waals surface area contributed by atoms with Crippen molar-refractivity contribution in [3.63, 3.8) is 0 Å². The Bertz CT molecular complexity index is 446. The van der Waals surface area contributed by atoms with Crippen LogP contribution in [0.1, 0.15) is 29.8 Å². The van der Waals surface area contributed by atoms with E-state index in [2.05, 4.69) is 5.32 Å². The van der Waals surface area contributed by atoms with Gasteiger partial charge in [0.25, 0.3) is 0 Å². The Hall–Kier alpha value is -2.11. The lowest BCUT2D eigenvalue weighted by molar-refractivity contribution is -0.134. The molecule has 5 nitrogen and oxygen atoms in total. The largest absolute Gasteiger partial charge is 0.480 e. The van der Waals surface area contributed by atoms with Crippen LogP contribution in [0, 0.1) is 12.7 Å². The Morgan fingerprint density at radius 2 is 1.83 bits per heavy atom. The number of aromatic carboxylic acids is 1. The normalized spacial score (nSPS) is 9.11. The number of carboxylic acids is 2. The van der Waals surface area contributed by atoms with Crippen LogP contribution in [-0.4, -0.2) is 28.7 Å². The molecule has 0 spiro atoms. The Morgan fingerprint density at radius 1 is 1.28 bits per heavy atom. The summed E-state index contributed by atoms with van der Waals surface area (Å²) in [5, 5.41) is 19.5. The molecule has 0 saturated heterocycles. The molecule has 0 aliphatic carbocycles. The van der Waals surface area contributed by atoms with Crippen molar-refractivity contribution in [1.82, 2.24) is 0 Å². The van der Waals surface area contributed by atoms with Crippen molar-refractivity contribution in [3.8, 4) is 0 Å². The minimum absolute atomic E-state index is 0.0232. The van der Waals surface area contributed by atoms with Gasteiger partial charge in [0.1, 0.15) is 12.4 Å². The highest BCUT2D eigenvalue weighted by molar-refractivity contribution is 5.90. The highest BCUT2D eigenvalue weighted by Gasteiger charge is 2.12. The van der Waals surface area contributed by atoms with Crippen molar-refractivity contribution in [2.75, 3.05) is 11.9 Å². The number of benzene rings is 1. The lowest BCUT2D eigenvalue weighted by Gasteiger charge is -2.08. The van der Waals surface area contributed by atoms with Gasteiger partial charge in [-0.05, 0) is 24.6 Å². The van der Waals surface area contributed by atoms with Crippen LogP contribution in [0.4, 0.5) is 10.1 Å². The monoisotopic (exact) mass is 257 g/mol. The van der Waals surface area contributed by atoms with E-state index in [-0.39, 0.29) is 11.3 Å². The molecule has 0 heterocycles. The summed E-state index contributed by atoms with van der Waals surface area (Å²) < 4.78 is 13.3. The van der Waals surface area contributed by atoms with Gasteiger partial charge in [-0.3, -0.25) is 4.79 Å². The summed E-state index contributed by atoms with van der Waals surface area (Å²) in [6, 6.07) is 2.13. The summed E-state index contributed by atoms with van der Waals surface area (Å²) >= 11 is 0. The van der Waals surface area contributed by atoms with Crippen molar-refractivity contribution in [1.29, 1.82) is 0 Å². The van der Waals surface area contributed by atoms with E-state index in [9.17, 15) is 14.0 Å². The van der Waals surface area contributed by atoms with Crippen LogP contribution < -0.4 is 5.32 Å². The summed E-state index contributed by atoms with van der Waals surface area (Å²) in [6.07, 6.45) is 0. The summed E-state index contributed by atoms with van der Waals surface area (Å²) in [5.41, 5.74) is 0.199. The minimum atomic E-state index is -1.22. The first-order valence-electron chi connectivity index (χ1n) is 5.41.